The average Bonchev–Trinajstić information content (AvgIpc) is 1.79. The molecule has 3 N–H and O–H groups in total. The number of allylic oxidation sites excluding steroid dienone is 1. The highest BCUT2D eigenvalue weighted by molar-refractivity contribution is 5.72. The number of carbonyl (C=O) groups excluding carboxylic acids is 1. The van der Waals surface area contributed by atoms with Gasteiger partial charge in [-0.2, -0.15) is 0 Å². The van der Waals surface area contributed by atoms with Crippen molar-refractivity contribution in [1.82, 2.24) is 5.32 Å². The van der Waals surface area contributed by atoms with E-state index in [9.17, 15) is 4.79 Å². The molecule has 0 spiro atoms. The van der Waals surface area contributed by atoms with Gasteiger partial charge in [-0.05, 0) is 12.8 Å². The third-order valence-corrected chi connectivity index (χ3v) is 1.05. The van der Waals surface area contributed by atoms with Crippen molar-refractivity contribution in [3.63, 3.8) is 0 Å². The summed E-state index contributed by atoms with van der Waals surface area (Å²) < 4.78 is 0. The van der Waals surface area contributed by atoms with Crippen molar-refractivity contribution >= 4 is 5.91 Å². The molecule has 0 rings (SSSR count). The lowest BCUT2D eigenvalue weighted by molar-refractivity contribution is -0.118. The van der Waals surface area contributed by atoms with Gasteiger partial charge in [-0.15, -0.1) is 0 Å². The van der Waals surface area contributed by atoms with E-state index in [1.54, 1.807) is 0 Å². The SMILES string of the molecule is C=C(N)CCCNC(C)=O. The first-order valence-electron chi connectivity index (χ1n) is 3.30. The zero-order valence-electron chi connectivity index (χ0n) is 6.31. The molecule has 0 aromatic carbocycles. The molecule has 0 saturated carbocycles. The molecule has 0 atom stereocenters. The fourth-order valence-electron chi connectivity index (χ4n) is 0.580. The second-order valence-electron chi connectivity index (χ2n) is 2.24. The summed E-state index contributed by atoms with van der Waals surface area (Å²) in [6, 6.07) is 0. The predicted molar refractivity (Wildman–Crippen MR) is 41.2 cm³/mol. The molecular weight excluding hydrogens is 128 g/mol. The van der Waals surface area contributed by atoms with Gasteiger partial charge in [-0.3, -0.25) is 4.79 Å². The number of nitrogens with one attached hydrogen (secondary N) is 1. The molecule has 3 heteroatoms. The summed E-state index contributed by atoms with van der Waals surface area (Å²) in [5.41, 5.74) is 5.97. The third kappa shape index (κ3) is 7.01. The van der Waals surface area contributed by atoms with E-state index in [-0.39, 0.29) is 5.91 Å². The molecule has 0 heterocycles. The highest BCUT2D eigenvalue weighted by Gasteiger charge is 1.90. The van der Waals surface area contributed by atoms with Crippen LogP contribution < -0.4 is 11.1 Å². The Balaban J connectivity index is 3.06. The van der Waals surface area contributed by atoms with E-state index in [2.05, 4.69) is 11.9 Å². The van der Waals surface area contributed by atoms with Gasteiger partial charge in [-0.25, -0.2) is 0 Å². The van der Waals surface area contributed by atoms with Gasteiger partial charge in [0.15, 0.2) is 0 Å². The van der Waals surface area contributed by atoms with Gasteiger partial charge in [0.1, 0.15) is 0 Å². The van der Waals surface area contributed by atoms with E-state index < -0.39 is 0 Å². The Bertz CT molecular complexity index is 116. The normalized spacial score (nSPS) is 8.90. The van der Waals surface area contributed by atoms with Crippen LogP contribution >= 0.6 is 0 Å². The molecule has 0 unspecified atom stereocenters. The summed E-state index contributed by atoms with van der Waals surface area (Å²) in [6.07, 6.45) is 1.65. The minimum atomic E-state index is 0.00244. The van der Waals surface area contributed by atoms with Crippen LogP contribution in [0.25, 0.3) is 0 Å². The zero-order chi connectivity index (χ0) is 7.98. The van der Waals surface area contributed by atoms with Crippen LogP contribution in [0.5, 0.6) is 0 Å². The van der Waals surface area contributed by atoms with E-state index in [0.29, 0.717) is 12.2 Å². The molecule has 0 radical (unpaired) electrons. The first-order chi connectivity index (χ1) is 4.63. The molecule has 0 aromatic rings. The molecule has 0 aliphatic carbocycles. The zero-order valence-corrected chi connectivity index (χ0v) is 6.31. The summed E-state index contributed by atoms with van der Waals surface area (Å²) in [4.78, 5) is 10.3. The Morgan fingerprint density at radius 2 is 2.30 bits per heavy atom. The molecular formula is C7H14N2O. The van der Waals surface area contributed by atoms with Gasteiger partial charge in [0.2, 0.25) is 5.91 Å². The maximum atomic E-state index is 10.3. The third-order valence-electron chi connectivity index (χ3n) is 1.05. The van der Waals surface area contributed by atoms with Crippen LogP contribution in [0, 0.1) is 0 Å². The second-order valence-corrected chi connectivity index (χ2v) is 2.24. The fourth-order valence-corrected chi connectivity index (χ4v) is 0.580. The van der Waals surface area contributed by atoms with Gasteiger partial charge < -0.3 is 11.1 Å². The summed E-state index contributed by atoms with van der Waals surface area (Å²) >= 11 is 0. The minimum absolute atomic E-state index is 0.00244. The lowest BCUT2D eigenvalue weighted by atomic mass is 10.2. The van der Waals surface area contributed by atoms with Crippen molar-refractivity contribution in [3.8, 4) is 0 Å². The van der Waals surface area contributed by atoms with Crippen molar-refractivity contribution in [2.45, 2.75) is 19.8 Å². The first kappa shape index (κ1) is 9.01. The maximum absolute atomic E-state index is 10.3. The fraction of sp³-hybridized carbons (Fsp3) is 0.571. The van der Waals surface area contributed by atoms with Crippen LogP contribution in [0.4, 0.5) is 0 Å². The van der Waals surface area contributed by atoms with Gasteiger partial charge >= 0.3 is 0 Å². The summed E-state index contributed by atoms with van der Waals surface area (Å²) in [5.74, 6) is 0.00244. The Kier molecular flexibility index (Phi) is 4.37. The molecule has 0 fully saturated rings. The maximum Gasteiger partial charge on any atom is 0.216 e. The molecule has 0 aromatic heterocycles. The molecule has 3 nitrogen and oxygen atoms in total. The lowest BCUT2D eigenvalue weighted by Crippen LogP contribution is -2.21. The standard InChI is InChI=1S/C7H14N2O/c1-6(8)4-3-5-9-7(2)10/h1,3-5,8H2,2H3,(H,9,10). The number of hydrogen-bond acceptors (Lipinski definition) is 2. The van der Waals surface area contributed by atoms with E-state index in [0.717, 1.165) is 12.8 Å². The Hall–Kier alpha value is -0.990. The van der Waals surface area contributed by atoms with Crippen molar-refractivity contribution in [2.24, 2.45) is 5.73 Å². The summed E-state index contributed by atoms with van der Waals surface area (Å²) in [7, 11) is 0. The van der Waals surface area contributed by atoms with Gasteiger partial charge in [0.25, 0.3) is 0 Å². The smallest absolute Gasteiger partial charge is 0.216 e. The highest BCUT2D eigenvalue weighted by atomic mass is 16.1. The number of hydrogen-bond donors (Lipinski definition) is 2. The van der Waals surface area contributed by atoms with Gasteiger partial charge in [-0.1, -0.05) is 6.58 Å². The molecule has 0 aliphatic rings. The van der Waals surface area contributed by atoms with Crippen LogP contribution in [0.15, 0.2) is 12.3 Å². The van der Waals surface area contributed by atoms with E-state index in [4.69, 9.17) is 5.73 Å². The Morgan fingerprint density at radius 3 is 2.70 bits per heavy atom. The minimum Gasteiger partial charge on any atom is -0.403 e. The molecule has 10 heavy (non-hydrogen) atoms. The van der Waals surface area contributed by atoms with Crippen LogP contribution in [-0.2, 0) is 4.79 Å². The van der Waals surface area contributed by atoms with E-state index >= 15 is 0 Å². The van der Waals surface area contributed by atoms with E-state index in [1.807, 2.05) is 0 Å². The lowest BCUT2D eigenvalue weighted by Gasteiger charge is -2.00. The van der Waals surface area contributed by atoms with E-state index in [1.165, 1.54) is 6.92 Å². The average molecular weight is 142 g/mol. The van der Waals surface area contributed by atoms with Crippen molar-refractivity contribution in [2.75, 3.05) is 6.54 Å². The number of rotatable bonds is 4. The monoisotopic (exact) mass is 142 g/mol. The van der Waals surface area contributed by atoms with Gasteiger partial charge in [0, 0.05) is 19.2 Å². The molecule has 0 saturated heterocycles. The van der Waals surface area contributed by atoms with Crippen molar-refractivity contribution < 1.29 is 4.79 Å². The predicted octanol–water partition coefficient (Wildman–Crippen LogP) is 0.375. The summed E-state index contributed by atoms with van der Waals surface area (Å²) in [5, 5.41) is 2.67. The Morgan fingerprint density at radius 1 is 1.70 bits per heavy atom. The highest BCUT2D eigenvalue weighted by Crippen LogP contribution is 1.91. The molecule has 1 amide bonds. The topological polar surface area (TPSA) is 55.1 Å². The molecule has 0 bridgehead atoms. The first-order valence-corrected chi connectivity index (χ1v) is 3.30. The van der Waals surface area contributed by atoms with Crippen molar-refractivity contribution in [3.05, 3.63) is 12.3 Å². The largest absolute Gasteiger partial charge is 0.403 e. The van der Waals surface area contributed by atoms with Crippen LogP contribution in [0.1, 0.15) is 19.8 Å². The number of carbonyl (C=O) groups is 1. The van der Waals surface area contributed by atoms with Crippen LogP contribution in [0.2, 0.25) is 0 Å². The van der Waals surface area contributed by atoms with Crippen LogP contribution in [0.3, 0.4) is 0 Å². The van der Waals surface area contributed by atoms with Crippen LogP contribution in [-0.4, -0.2) is 12.5 Å². The molecule has 0 aliphatic heterocycles. The molecule has 58 valence electrons. The van der Waals surface area contributed by atoms with Gasteiger partial charge in [0.05, 0.1) is 0 Å². The second kappa shape index (κ2) is 4.85. The van der Waals surface area contributed by atoms with Crippen molar-refractivity contribution in [1.29, 1.82) is 0 Å². The Labute approximate surface area is 61.3 Å². The quantitative estimate of drug-likeness (QED) is 0.557. The summed E-state index contributed by atoms with van der Waals surface area (Å²) in [6.45, 7) is 5.72. The number of nitrogens with two attached hydrogens (primary N) is 1. The number of amides is 1.